The van der Waals surface area contributed by atoms with Gasteiger partial charge in [-0.25, -0.2) is 4.39 Å². The molecule has 0 spiro atoms. The van der Waals surface area contributed by atoms with Crippen molar-refractivity contribution in [3.63, 3.8) is 0 Å². The molecule has 2 aromatic rings. The standard InChI is InChI=1S/C18H18FNO2/c1-3-12-22-17-7-5-4-6-16(17)18(21)20-13(2)14-8-10-15(19)11-9-14/h3-11,13H,1,12H2,2H3,(H,20,21). The van der Waals surface area contributed by atoms with Crippen LogP contribution in [0.5, 0.6) is 5.75 Å². The molecule has 0 bridgehead atoms. The molecule has 0 fully saturated rings. The van der Waals surface area contributed by atoms with Crippen LogP contribution in [0.3, 0.4) is 0 Å². The zero-order valence-corrected chi connectivity index (χ0v) is 12.4. The van der Waals surface area contributed by atoms with Gasteiger partial charge in [-0.05, 0) is 36.8 Å². The van der Waals surface area contributed by atoms with Gasteiger partial charge in [0.2, 0.25) is 0 Å². The van der Waals surface area contributed by atoms with Crippen LogP contribution in [-0.2, 0) is 0 Å². The van der Waals surface area contributed by atoms with Gasteiger partial charge in [0.15, 0.2) is 0 Å². The number of benzene rings is 2. The van der Waals surface area contributed by atoms with Crippen molar-refractivity contribution >= 4 is 5.91 Å². The lowest BCUT2D eigenvalue weighted by Crippen LogP contribution is -2.27. The van der Waals surface area contributed by atoms with Crippen molar-refractivity contribution in [3.05, 3.63) is 78.1 Å². The Labute approximate surface area is 129 Å². The predicted molar refractivity (Wildman–Crippen MR) is 84.4 cm³/mol. The van der Waals surface area contributed by atoms with Gasteiger partial charge in [-0.1, -0.05) is 36.9 Å². The Kier molecular flexibility index (Phi) is 5.31. The van der Waals surface area contributed by atoms with E-state index < -0.39 is 0 Å². The van der Waals surface area contributed by atoms with Gasteiger partial charge in [0, 0.05) is 0 Å². The number of hydrogen-bond acceptors (Lipinski definition) is 2. The summed E-state index contributed by atoms with van der Waals surface area (Å²) in [7, 11) is 0. The number of carbonyl (C=O) groups is 1. The summed E-state index contributed by atoms with van der Waals surface area (Å²) in [6, 6.07) is 12.8. The van der Waals surface area contributed by atoms with Crippen molar-refractivity contribution in [1.82, 2.24) is 5.32 Å². The number of para-hydroxylation sites is 1. The number of rotatable bonds is 6. The van der Waals surface area contributed by atoms with Crippen LogP contribution in [-0.4, -0.2) is 12.5 Å². The summed E-state index contributed by atoms with van der Waals surface area (Å²) >= 11 is 0. The van der Waals surface area contributed by atoms with Crippen LogP contribution in [0.4, 0.5) is 4.39 Å². The molecule has 1 atom stereocenters. The van der Waals surface area contributed by atoms with Crippen molar-refractivity contribution < 1.29 is 13.9 Å². The molecule has 0 heterocycles. The fourth-order valence-electron chi connectivity index (χ4n) is 2.04. The van der Waals surface area contributed by atoms with Gasteiger partial charge in [0.05, 0.1) is 11.6 Å². The quantitative estimate of drug-likeness (QED) is 0.822. The molecule has 2 rings (SSSR count). The Morgan fingerprint density at radius 1 is 1.27 bits per heavy atom. The maximum absolute atomic E-state index is 12.9. The maximum atomic E-state index is 12.9. The van der Waals surface area contributed by atoms with Crippen LogP contribution >= 0.6 is 0 Å². The second-order valence-electron chi connectivity index (χ2n) is 4.84. The van der Waals surface area contributed by atoms with E-state index in [1.807, 2.05) is 6.92 Å². The Balaban J connectivity index is 2.11. The third-order valence-electron chi connectivity index (χ3n) is 3.21. The third-order valence-corrected chi connectivity index (χ3v) is 3.21. The number of hydrogen-bond donors (Lipinski definition) is 1. The lowest BCUT2D eigenvalue weighted by Gasteiger charge is -2.16. The van der Waals surface area contributed by atoms with E-state index >= 15 is 0 Å². The molecule has 0 aliphatic heterocycles. The number of carbonyl (C=O) groups excluding carboxylic acids is 1. The van der Waals surface area contributed by atoms with Gasteiger partial charge < -0.3 is 10.1 Å². The predicted octanol–water partition coefficient (Wildman–Crippen LogP) is 3.88. The van der Waals surface area contributed by atoms with Crippen LogP contribution in [0.1, 0.15) is 28.9 Å². The Bertz CT molecular complexity index is 652. The van der Waals surface area contributed by atoms with E-state index in [2.05, 4.69) is 11.9 Å². The highest BCUT2D eigenvalue weighted by atomic mass is 19.1. The molecule has 0 aliphatic carbocycles. The van der Waals surface area contributed by atoms with Crippen molar-refractivity contribution in [3.8, 4) is 5.75 Å². The zero-order chi connectivity index (χ0) is 15.9. The average Bonchev–Trinajstić information content (AvgIpc) is 2.53. The smallest absolute Gasteiger partial charge is 0.255 e. The zero-order valence-electron chi connectivity index (χ0n) is 12.4. The lowest BCUT2D eigenvalue weighted by molar-refractivity contribution is 0.0936. The summed E-state index contributed by atoms with van der Waals surface area (Å²) in [6.45, 7) is 5.77. The molecule has 3 nitrogen and oxygen atoms in total. The van der Waals surface area contributed by atoms with Crippen LogP contribution in [0.25, 0.3) is 0 Å². The molecule has 0 aromatic heterocycles. The Hall–Kier alpha value is -2.62. The molecule has 1 N–H and O–H groups in total. The average molecular weight is 299 g/mol. The number of nitrogens with one attached hydrogen (secondary N) is 1. The van der Waals surface area contributed by atoms with Gasteiger partial charge in [-0.15, -0.1) is 0 Å². The van der Waals surface area contributed by atoms with E-state index in [1.54, 1.807) is 42.5 Å². The first-order valence-electron chi connectivity index (χ1n) is 7.01. The van der Waals surface area contributed by atoms with Crippen LogP contribution < -0.4 is 10.1 Å². The molecule has 22 heavy (non-hydrogen) atoms. The molecule has 0 saturated heterocycles. The molecule has 0 aliphatic rings. The molecule has 0 radical (unpaired) electrons. The SMILES string of the molecule is C=CCOc1ccccc1C(=O)NC(C)c1ccc(F)cc1. The normalized spacial score (nSPS) is 11.5. The first-order chi connectivity index (χ1) is 10.6. The lowest BCUT2D eigenvalue weighted by atomic mass is 10.1. The van der Waals surface area contributed by atoms with E-state index in [9.17, 15) is 9.18 Å². The summed E-state index contributed by atoms with van der Waals surface area (Å²) < 4.78 is 18.4. The molecule has 2 aromatic carbocycles. The van der Waals surface area contributed by atoms with E-state index in [1.165, 1.54) is 12.1 Å². The van der Waals surface area contributed by atoms with E-state index in [-0.39, 0.29) is 17.8 Å². The summed E-state index contributed by atoms with van der Waals surface area (Å²) in [5, 5.41) is 2.88. The van der Waals surface area contributed by atoms with Gasteiger partial charge >= 0.3 is 0 Å². The highest BCUT2D eigenvalue weighted by molar-refractivity contribution is 5.97. The first kappa shape index (κ1) is 15.8. The summed E-state index contributed by atoms with van der Waals surface area (Å²) in [5.74, 6) is -0.0341. The van der Waals surface area contributed by atoms with Crippen molar-refractivity contribution in [1.29, 1.82) is 0 Å². The highest BCUT2D eigenvalue weighted by Crippen LogP contribution is 2.20. The largest absolute Gasteiger partial charge is 0.489 e. The molecule has 1 amide bonds. The maximum Gasteiger partial charge on any atom is 0.255 e. The minimum atomic E-state index is -0.301. The number of halogens is 1. The van der Waals surface area contributed by atoms with E-state index in [0.29, 0.717) is 17.9 Å². The van der Waals surface area contributed by atoms with E-state index in [4.69, 9.17) is 4.74 Å². The molecule has 1 unspecified atom stereocenters. The van der Waals surface area contributed by atoms with Crippen LogP contribution in [0.15, 0.2) is 61.2 Å². The second kappa shape index (κ2) is 7.41. The van der Waals surface area contributed by atoms with Gasteiger partial charge in [-0.2, -0.15) is 0 Å². The number of ether oxygens (including phenoxy) is 1. The highest BCUT2D eigenvalue weighted by Gasteiger charge is 2.15. The fraction of sp³-hybridized carbons (Fsp3) is 0.167. The minimum absolute atomic E-state index is 0.236. The summed E-state index contributed by atoms with van der Waals surface area (Å²) in [4.78, 5) is 12.4. The molecule has 114 valence electrons. The molecule has 4 heteroatoms. The second-order valence-corrected chi connectivity index (χ2v) is 4.84. The van der Waals surface area contributed by atoms with Gasteiger partial charge in [0.1, 0.15) is 18.2 Å². The minimum Gasteiger partial charge on any atom is -0.489 e. The van der Waals surface area contributed by atoms with Gasteiger partial charge in [0.25, 0.3) is 5.91 Å². The molecular formula is C18H18FNO2. The van der Waals surface area contributed by atoms with E-state index in [0.717, 1.165) is 5.56 Å². The third kappa shape index (κ3) is 3.95. The van der Waals surface area contributed by atoms with Gasteiger partial charge in [-0.3, -0.25) is 4.79 Å². The first-order valence-corrected chi connectivity index (χ1v) is 7.01. The Morgan fingerprint density at radius 3 is 2.64 bits per heavy atom. The molecular weight excluding hydrogens is 281 g/mol. The fourth-order valence-corrected chi connectivity index (χ4v) is 2.04. The molecule has 0 saturated carbocycles. The van der Waals surface area contributed by atoms with Crippen molar-refractivity contribution in [2.45, 2.75) is 13.0 Å². The monoisotopic (exact) mass is 299 g/mol. The summed E-state index contributed by atoms with van der Waals surface area (Å²) in [6.07, 6.45) is 1.62. The van der Waals surface area contributed by atoms with Crippen LogP contribution in [0.2, 0.25) is 0 Å². The topological polar surface area (TPSA) is 38.3 Å². The van der Waals surface area contributed by atoms with Crippen molar-refractivity contribution in [2.24, 2.45) is 0 Å². The Morgan fingerprint density at radius 2 is 1.95 bits per heavy atom. The van der Waals surface area contributed by atoms with Crippen molar-refractivity contribution in [2.75, 3.05) is 6.61 Å². The number of amides is 1. The summed E-state index contributed by atoms with van der Waals surface area (Å²) in [5.41, 5.74) is 1.29. The van der Waals surface area contributed by atoms with Crippen LogP contribution in [0, 0.1) is 5.82 Å².